The highest BCUT2D eigenvalue weighted by Crippen LogP contribution is 2.44. The molecule has 4 aliphatic heterocycles. The molecular formula is C54H70N8O7. The van der Waals surface area contributed by atoms with Crippen molar-refractivity contribution in [1.29, 1.82) is 0 Å². The third-order valence-corrected chi connectivity index (χ3v) is 13.9. The van der Waals surface area contributed by atoms with Gasteiger partial charge in [0.2, 0.25) is 11.8 Å². The summed E-state index contributed by atoms with van der Waals surface area (Å²) in [6, 6.07) is 6.93. The van der Waals surface area contributed by atoms with E-state index in [-0.39, 0.29) is 35.4 Å². The summed E-state index contributed by atoms with van der Waals surface area (Å²) in [4.78, 5) is 69.0. The number of Topliss-reactive ketones (excluding diaryl/α,β-unsaturated/α-hetero) is 1. The van der Waals surface area contributed by atoms with Crippen LogP contribution in [0.2, 0.25) is 0 Å². The number of hydrogen-bond donors (Lipinski definition) is 4. The first-order valence-corrected chi connectivity index (χ1v) is 24.7. The van der Waals surface area contributed by atoms with Crippen molar-refractivity contribution in [3.05, 3.63) is 93.2 Å². The van der Waals surface area contributed by atoms with Gasteiger partial charge >= 0.3 is 0 Å². The fourth-order valence-electron chi connectivity index (χ4n) is 9.93. The molecule has 15 nitrogen and oxygen atoms in total. The second-order valence-corrected chi connectivity index (χ2v) is 18.7. The van der Waals surface area contributed by atoms with Crippen LogP contribution in [0.25, 0.3) is 6.08 Å². The molecular weight excluding hydrogens is 873 g/mol. The van der Waals surface area contributed by atoms with Gasteiger partial charge in [0.15, 0.2) is 5.78 Å². The number of carbonyl (C=O) groups is 4. The number of dihydropyridines is 2. The molecule has 7 rings (SSSR count). The van der Waals surface area contributed by atoms with Crippen molar-refractivity contribution in [3.63, 3.8) is 0 Å². The van der Waals surface area contributed by atoms with Crippen molar-refractivity contribution in [3.8, 4) is 11.5 Å². The van der Waals surface area contributed by atoms with Gasteiger partial charge in [0, 0.05) is 126 Å². The summed E-state index contributed by atoms with van der Waals surface area (Å²) in [5.41, 5.74) is 19.6. The van der Waals surface area contributed by atoms with Crippen LogP contribution in [0.5, 0.6) is 11.5 Å². The zero-order valence-electron chi connectivity index (χ0n) is 41.0. The first-order chi connectivity index (χ1) is 33.3. The van der Waals surface area contributed by atoms with Gasteiger partial charge in [0.1, 0.15) is 17.3 Å². The maximum Gasteiger partial charge on any atom is 0.251 e. The number of rotatable bonds is 21. The number of ketones is 1. The predicted molar refractivity (Wildman–Crippen MR) is 272 cm³/mol. The molecule has 1 fully saturated rings. The van der Waals surface area contributed by atoms with E-state index in [0.29, 0.717) is 98.7 Å². The summed E-state index contributed by atoms with van der Waals surface area (Å²) in [7, 11) is 1.58. The van der Waals surface area contributed by atoms with Crippen LogP contribution < -0.4 is 31.6 Å². The number of amides is 3. The summed E-state index contributed by atoms with van der Waals surface area (Å²) < 4.78 is 17.8. The number of primary amides is 2. The van der Waals surface area contributed by atoms with E-state index in [1.807, 2.05) is 32.1 Å². The summed E-state index contributed by atoms with van der Waals surface area (Å²) in [6.07, 6.45) is 16.0. The molecule has 4 unspecified atom stereocenters. The molecule has 15 heteroatoms. The molecule has 2 aromatic carbocycles. The minimum atomic E-state index is -0.574. The highest BCUT2D eigenvalue weighted by Gasteiger charge is 2.31. The van der Waals surface area contributed by atoms with Crippen LogP contribution in [0.3, 0.4) is 0 Å². The van der Waals surface area contributed by atoms with Crippen molar-refractivity contribution in [1.82, 2.24) is 15.5 Å². The van der Waals surface area contributed by atoms with Gasteiger partial charge < -0.3 is 36.3 Å². The van der Waals surface area contributed by atoms with Crippen LogP contribution in [-0.2, 0) is 20.7 Å². The first kappa shape index (κ1) is 50.7. The number of nitrogens with one attached hydrogen (secondary N) is 2. The topological polar surface area (TPSA) is 212 Å². The van der Waals surface area contributed by atoms with Crippen LogP contribution in [0, 0.1) is 17.8 Å². The van der Waals surface area contributed by atoms with Crippen molar-refractivity contribution in [2.45, 2.75) is 91.4 Å². The third kappa shape index (κ3) is 12.9. The van der Waals surface area contributed by atoms with Crippen molar-refractivity contribution in [2.75, 3.05) is 66.2 Å². The smallest absolute Gasteiger partial charge is 0.251 e. The lowest BCUT2D eigenvalue weighted by molar-refractivity contribution is -0.117. The number of nitrogens with two attached hydrogens (primary N) is 2. The van der Waals surface area contributed by atoms with Crippen LogP contribution in [0.1, 0.15) is 122 Å². The number of ether oxygens (including phenoxy) is 3. The Morgan fingerprint density at radius 2 is 1.46 bits per heavy atom. The lowest BCUT2D eigenvalue weighted by Gasteiger charge is -2.29. The van der Waals surface area contributed by atoms with E-state index in [2.05, 4.69) is 51.5 Å². The largest absolute Gasteiger partial charge is 0.496 e. The third-order valence-electron chi connectivity index (χ3n) is 13.9. The number of benzene rings is 2. The molecule has 0 bridgehead atoms. The summed E-state index contributed by atoms with van der Waals surface area (Å²) in [5, 5.41) is 6.80. The minimum Gasteiger partial charge on any atom is -0.496 e. The second-order valence-electron chi connectivity index (χ2n) is 18.7. The Labute approximate surface area is 406 Å². The van der Waals surface area contributed by atoms with E-state index >= 15 is 0 Å². The Bertz CT molecular complexity index is 2490. The number of allylic oxidation sites excluding steroid dienone is 5. The number of amidine groups is 1. The first-order valence-electron chi connectivity index (χ1n) is 24.7. The van der Waals surface area contributed by atoms with Crippen molar-refractivity contribution >= 4 is 52.5 Å². The number of hydrogen-bond acceptors (Lipinski definition) is 12. The Kier molecular flexibility index (Phi) is 17.5. The fraction of sp³-hybridized carbons (Fsp3) is 0.500. The zero-order chi connectivity index (χ0) is 49.0. The van der Waals surface area contributed by atoms with E-state index in [9.17, 15) is 19.2 Å². The highest BCUT2D eigenvalue weighted by atomic mass is 16.5. The Hall–Kier alpha value is -6.19. The molecule has 2 aromatic rings. The van der Waals surface area contributed by atoms with E-state index in [4.69, 9.17) is 30.7 Å². The Morgan fingerprint density at radius 3 is 2.14 bits per heavy atom. The molecule has 4 atom stereocenters. The SMILES string of the molecule is CCC1CN=C(C)C=C1C(=O)CCCNC1=Nc2cc(C(N)=O)cc(OC)c2C(C/C=C/CC2Cc3c(cc(C(N)=O)cc3OCCCN3CCOCC3)C=C2NC(=O)C2=CC(C)=NCC2CC)C1. The Morgan fingerprint density at radius 1 is 0.812 bits per heavy atom. The monoisotopic (exact) mass is 943 g/mol. The molecule has 5 aliphatic rings. The number of carbonyl (C=O) groups excluding carboxylic acids is 4. The van der Waals surface area contributed by atoms with E-state index in [0.717, 1.165) is 97.3 Å². The van der Waals surface area contributed by atoms with E-state index in [1.165, 1.54) is 0 Å². The molecule has 0 saturated carbocycles. The van der Waals surface area contributed by atoms with Gasteiger partial charge in [0.25, 0.3) is 5.91 Å². The van der Waals surface area contributed by atoms with Crippen LogP contribution >= 0.6 is 0 Å². The van der Waals surface area contributed by atoms with Crippen LogP contribution in [0.4, 0.5) is 5.69 Å². The number of aliphatic imine (C=N–C) groups is 3. The summed E-state index contributed by atoms with van der Waals surface area (Å²) >= 11 is 0. The summed E-state index contributed by atoms with van der Waals surface area (Å²) in [6.45, 7) is 14.4. The van der Waals surface area contributed by atoms with Gasteiger partial charge in [-0.2, -0.15) is 0 Å². The molecule has 368 valence electrons. The predicted octanol–water partition coefficient (Wildman–Crippen LogP) is 6.97. The number of nitrogens with zero attached hydrogens (tertiary/aromatic N) is 4. The lowest BCUT2D eigenvalue weighted by atomic mass is 9.82. The Balaban J connectivity index is 1.10. The molecule has 0 radical (unpaired) electrons. The number of morpholine rings is 1. The maximum absolute atomic E-state index is 14.1. The average molecular weight is 943 g/mol. The van der Waals surface area contributed by atoms with Crippen molar-refractivity contribution in [2.24, 2.45) is 44.2 Å². The van der Waals surface area contributed by atoms with Crippen LogP contribution in [-0.4, -0.2) is 112 Å². The minimum absolute atomic E-state index is 0.00907. The van der Waals surface area contributed by atoms with Gasteiger partial charge in [0.05, 0.1) is 32.6 Å². The summed E-state index contributed by atoms with van der Waals surface area (Å²) in [5.74, 6) is 0.776. The molecule has 3 amide bonds. The maximum atomic E-state index is 14.1. The molecule has 69 heavy (non-hydrogen) atoms. The molecule has 1 saturated heterocycles. The number of fused-ring (bicyclic) bond motifs is 2. The van der Waals surface area contributed by atoms with E-state index in [1.54, 1.807) is 31.4 Å². The quantitative estimate of drug-likeness (QED) is 0.0751. The molecule has 6 N–H and O–H groups in total. The normalized spacial score (nSPS) is 21.3. The van der Waals surface area contributed by atoms with Gasteiger partial charge in [-0.25, -0.2) is 4.99 Å². The highest BCUT2D eigenvalue weighted by molar-refractivity contribution is 6.06. The second kappa shape index (κ2) is 23.9. The lowest BCUT2D eigenvalue weighted by Crippen LogP contribution is -2.37. The van der Waals surface area contributed by atoms with Gasteiger partial charge in [-0.15, -0.1) is 0 Å². The van der Waals surface area contributed by atoms with Gasteiger partial charge in [-0.3, -0.25) is 34.1 Å². The van der Waals surface area contributed by atoms with Crippen LogP contribution in [0.15, 0.2) is 80.4 Å². The molecule has 1 aliphatic carbocycles. The zero-order valence-corrected chi connectivity index (χ0v) is 41.0. The molecule has 4 heterocycles. The number of methoxy groups -OCH3 is 1. The van der Waals surface area contributed by atoms with Gasteiger partial charge in [-0.05, 0) is 107 Å². The molecule has 0 spiro atoms. The van der Waals surface area contributed by atoms with E-state index < -0.39 is 11.8 Å². The fourth-order valence-corrected chi connectivity index (χ4v) is 9.93. The van der Waals surface area contributed by atoms with Crippen molar-refractivity contribution < 1.29 is 33.4 Å². The van der Waals surface area contributed by atoms with Gasteiger partial charge in [-0.1, -0.05) is 26.0 Å². The average Bonchev–Trinajstić information content (AvgIpc) is 3.35. The molecule has 0 aromatic heterocycles. The standard InChI is InChI=1S/C54H70N8O7/c1-6-35-31-58-33(3)22-42(35)47(63)14-10-15-57-50-30-38(51-46(60-50)27-41(53(56)65)29-49(51)67-5)13-9-8-12-37-25-43-39(26-45(37)61-54(66)44-23-34(4)59-32-36(44)7-2)24-40(52(55)64)28-48(43)69-19-11-16-62-17-20-68-21-18-62/h8-9,22-24,26-29,35-38H,6-7,10-21,25,30-32H2,1-5H3,(H2,55,64)(H2,56,65)(H,57,60)(H,61,66)/b9-8+.